The second kappa shape index (κ2) is 54.5. The standard InChI is InChI=1S/C54H90ClN5O13.C54H91N5O13/c1-15-42-54(10,66)47(62)35(6)60(13)30-31(2)28-52(8,65)49(33(4)45(34(5)50(64)71-42)72-44-29-53(9,67-14)48(63)36(7)70-44)73-51-46(41(59(11)12)26-32(3)69-51)68-25-17-23-58-43(61)18-16-22-56-39-21-24-57-40-27-37(55)19-20-38(39)40;1-15-42-54(10,65)47(61)36(6)59(13)31-32(2)29-52(8,64)49(34(4)45(35(5)50(63)70-42)71-44-30-53(9,66-14)48(62)37(7)69-44)72-51-46(41(58(11)12)28-33(3)68-51)67-27-19-25-57-43(60)22-18-24-55-40-23-26-56-39-21-17-16-20-38(39)40/h19-21,24,27,31-36,41-42,44-49,51,62-63,65-66H,15-18,22-23,25-26,28-30H2,1-14H3,(H,56,57)(H,58,61);16-17,20-21,23,26,32-37,41-42,44-49,51,61-62,64-65H,15,18-19,22,24-25,27-31H2,1-14H3,(H,55,56)(H,57,60)/t31-,32-,33+,34-,35-,36+,41+,42-,44+,45+,46-,47-,48+,49-,51+,52-,53-,54-;32-,33-,34+,35-,36-,37+,41+,42-,44+,45+,46-,47-,48+,49-,51+,52-,53-,54-/m11/s1. The first-order valence-corrected chi connectivity index (χ1v) is 53.2. The highest BCUT2D eigenvalue weighted by atomic mass is 35.5. The number of carbonyl (C=O) groups excluding carboxylic acids is 4. The number of hydrogen-bond acceptors (Lipinski definition) is 34. The third-order valence-corrected chi connectivity index (χ3v) is 31.7. The SMILES string of the molecule is CC[C@H]1OC(=O)[C@H](C)[C@@H](O[C@H]2C[C@@](C)(OC)[C@@H](O)[C@H](C)O2)[C@H](C)[C@@H](O[C@@H]2O[C@H](C)C[C@H](N(C)C)[C@H]2OCCCNC(=O)CCCNc2ccnc3cc(Cl)ccc23)[C@](C)(O)C[C@@H](C)CN(C)[C@H](C)[C@@H](O)[C@]1(C)O.CC[C@H]1OC(=O)[C@H](C)[C@@H](O[C@H]2C[C@@](C)(OC)[C@@H](O)[C@H](C)O2)[C@H](C)[C@@H](O[C@@H]2O[C@H](C)C[C@H](N(C)C)[C@H]2OCCCNC(=O)CCCNc2ccnc3ccccc23)[C@](C)(O)C[C@@H](C)CN(C)[C@H](C)[C@@H](O)[C@]1(C)O. The first-order valence-electron chi connectivity index (χ1n) is 52.8. The van der Waals surface area contributed by atoms with E-state index in [0.29, 0.717) is 95.7 Å². The number of nitrogens with zero attached hydrogens (tertiary/aromatic N) is 6. The van der Waals surface area contributed by atoms with Crippen LogP contribution in [0.5, 0.6) is 0 Å². The fourth-order valence-electron chi connectivity index (χ4n) is 22.5. The summed E-state index contributed by atoms with van der Waals surface area (Å²) in [4.78, 5) is 71.8. The summed E-state index contributed by atoms with van der Waals surface area (Å²) in [6.07, 6.45) is -9.16. The maximum atomic E-state index is 14.6. The number of anilines is 2. The van der Waals surface area contributed by atoms with Crippen molar-refractivity contribution in [1.82, 2.24) is 40.2 Å². The Morgan fingerprint density at radius 3 is 1.27 bits per heavy atom. The van der Waals surface area contributed by atoms with Crippen LogP contribution in [0.25, 0.3) is 21.8 Å². The molecule has 36 atom stereocenters. The number of benzene rings is 2. The molecule has 0 radical (unpaired) electrons. The number of para-hydroxylation sites is 1. The fraction of sp³-hybridized carbons (Fsp3) is 0.796. The number of pyridine rings is 2. The number of esters is 2. The van der Waals surface area contributed by atoms with Gasteiger partial charge in [-0.25, -0.2) is 0 Å². The van der Waals surface area contributed by atoms with Crippen LogP contribution in [0.4, 0.5) is 11.4 Å². The number of nitrogens with one attached hydrogen (secondary N) is 4. The summed E-state index contributed by atoms with van der Waals surface area (Å²) in [6.45, 7) is 39.1. The Labute approximate surface area is 866 Å². The number of halogens is 1. The molecule has 2 aromatic heterocycles. The zero-order chi connectivity index (χ0) is 107. The third kappa shape index (κ3) is 32.1. The summed E-state index contributed by atoms with van der Waals surface area (Å²) < 4.78 is 91.3. The summed E-state index contributed by atoms with van der Waals surface area (Å²) >= 11 is 6.16. The van der Waals surface area contributed by atoms with Crippen LogP contribution in [0, 0.1) is 35.5 Å². The van der Waals surface area contributed by atoms with Crippen molar-refractivity contribution in [3.05, 3.63) is 72.0 Å². The van der Waals surface area contributed by atoms with E-state index in [-0.39, 0.29) is 99.7 Å². The lowest BCUT2D eigenvalue weighted by atomic mass is 9.77. The van der Waals surface area contributed by atoms with Crippen LogP contribution in [0.3, 0.4) is 0 Å². The predicted molar refractivity (Wildman–Crippen MR) is 555 cm³/mol. The molecule has 6 aliphatic rings. The number of fused-ring (bicyclic) bond motifs is 2. The molecule has 8 heterocycles. The molecule has 0 bridgehead atoms. The molecular formula is C108H181ClN10O26. The molecule has 4 aromatic rings. The second-order valence-electron chi connectivity index (χ2n) is 44.4. The second-order valence-corrected chi connectivity index (χ2v) is 44.8. The van der Waals surface area contributed by atoms with Gasteiger partial charge in [-0.1, -0.05) is 71.3 Å². The minimum Gasteiger partial charge on any atom is -0.459 e. The van der Waals surface area contributed by atoms with Crippen LogP contribution < -0.4 is 21.3 Å². The number of hydrogen-bond donors (Lipinski definition) is 12. The Bertz CT molecular complexity index is 4640. The number of likely N-dealkylation sites (N-methyl/N-ethyl adjacent to an activating group) is 4. The van der Waals surface area contributed by atoms with Crippen LogP contribution in [0.15, 0.2) is 67.0 Å². The van der Waals surface area contributed by atoms with Crippen LogP contribution >= 0.6 is 11.6 Å². The van der Waals surface area contributed by atoms with Gasteiger partial charge in [-0.15, -0.1) is 0 Å². The number of ether oxygens (including phenoxy) is 14. The molecule has 10 rings (SSSR count). The van der Waals surface area contributed by atoms with E-state index in [1.165, 1.54) is 28.1 Å². The molecule has 6 aliphatic heterocycles. The van der Waals surface area contributed by atoms with Gasteiger partial charge in [0.1, 0.15) is 60.0 Å². The van der Waals surface area contributed by atoms with E-state index in [1.54, 1.807) is 81.6 Å². The number of rotatable bonds is 34. The maximum absolute atomic E-state index is 14.6. The smallest absolute Gasteiger partial charge is 0.311 e. The molecular weight excluding hydrogens is 1890 g/mol. The molecule has 2 aromatic carbocycles. The minimum absolute atomic E-state index is 0.0492. The van der Waals surface area contributed by atoms with E-state index in [9.17, 15) is 60.0 Å². The molecule has 826 valence electrons. The van der Waals surface area contributed by atoms with Crippen molar-refractivity contribution < 1.29 is 126 Å². The zero-order valence-corrected chi connectivity index (χ0v) is 92.5. The maximum Gasteiger partial charge on any atom is 0.311 e. The van der Waals surface area contributed by atoms with Gasteiger partial charge in [0.05, 0.1) is 94.1 Å². The number of methoxy groups -OCH3 is 2. The Morgan fingerprint density at radius 2 is 0.883 bits per heavy atom. The van der Waals surface area contributed by atoms with Crippen molar-refractivity contribution in [3.8, 4) is 0 Å². The fourth-order valence-corrected chi connectivity index (χ4v) is 22.7. The van der Waals surface area contributed by atoms with Gasteiger partial charge in [-0.05, 0) is 252 Å². The van der Waals surface area contributed by atoms with Gasteiger partial charge < -0.3 is 148 Å². The Balaban J connectivity index is 0.000000323. The van der Waals surface area contributed by atoms with Gasteiger partial charge in [-0.2, -0.15) is 0 Å². The summed E-state index contributed by atoms with van der Waals surface area (Å²) in [5.74, 6) is -5.46. The Morgan fingerprint density at radius 1 is 0.497 bits per heavy atom. The number of amides is 2. The average molecular weight is 2070 g/mol. The van der Waals surface area contributed by atoms with Crippen molar-refractivity contribution in [3.63, 3.8) is 0 Å². The number of cyclic esters (lactones) is 2. The Hall–Kier alpha value is -5.93. The van der Waals surface area contributed by atoms with Crippen molar-refractivity contribution >= 4 is 68.5 Å². The van der Waals surface area contributed by atoms with Crippen molar-refractivity contribution in [1.29, 1.82) is 0 Å². The van der Waals surface area contributed by atoms with Crippen molar-refractivity contribution in [2.75, 3.05) is 120 Å². The first kappa shape index (κ1) is 123. The first-order chi connectivity index (χ1) is 68.1. The van der Waals surface area contributed by atoms with Crippen LogP contribution in [0.1, 0.15) is 228 Å². The molecule has 6 saturated heterocycles. The predicted octanol–water partition coefficient (Wildman–Crippen LogP) is 10.4. The van der Waals surface area contributed by atoms with E-state index < -0.39 is 192 Å². The van der Waals surface area contributed by atoms with E-state index in [2.05, 4.69) is 41.0 Å². The van der Waals surface area contributed by atoms with Crippen LogP contribution in [0.2, 0.25) is 5.02 Å². The number of aliphatic hydroxyl groups excluding tert-OH is 4. The molecule has 36 nitrogen and oxygen atoms in total. The van der Waals surface area contributed by atoms with Gasteiger partial charge in [0, 0.05) is 168 Å². The molecule has 0 saturated carbocycles. The molecule has 0 unspecified atom stereocenters. The van der Waals surface area contributed by atoms with Gasteiger partial charge in [0.2, 0.25) is 11.8 Å². The normalized spacial score (nSPS) is 38.8. The highest BCUT2D eigenvalue weighted by Crippen LogP contribution is 2.45. The van der Waals surface area contributed by atoms with Crippen LogP contribution in [-0.2, 0) is 85.5 Å². The lowest BCUT2D eigenvalue weighted by molar-refractivity contribution is -0.321. The number of aliphatic hydroxyl groups is 8. The monoisotopic (exact) mass is 2070 g/mol. The summed E-state index contributed by atoms with van der Waals surface area (Å²) in [5, 5.41) is 111. The van der Waals surface area contributed by atoms with Gasteiger partial charge >= 0.3 is 11.9 Å². The number of carbonyl (C=O) groups is 4. The van der Waals surface area contributed by atoms with E-state index in [1.807, 2.05) is 162 Å². The molecule has 12 N–H and O–H groups in total. The van der Waals surface area contributed by atoms with Gasteiger partial charge in [0.25, 0.3) is 0 Å². The molecule has 6 fully saturated rings. The average Bonchev–Trinajstić information content (AvgIpc) is 1.65. The molecule has 0 spiro atoms. The van der Waals surface area contributed by atoms with Crippen molar-refractivity contribution in [2.24, 2.45) is 35.5 Å². The summed E-state index contributed by atoms with van der Waals surface area (Å²) in [7, 11) is 14.7. The highest BCUT2D eigenvalue weighted by molar-refractivity contribution is 6.31. The Kier molecular flexibility index (Phi) is 46.1. The van der Waals surface area contributed by atoms with E-state index >= 15 is 0 Å². The zero-order valence-electron chi connectivity index (χ0n) is 91.7. The van der Waals surface area contributed by atoms with E-state index in [4.69, 9.17) is 77.9 Å². The van der Waals surface area contributed by atoms with E-state index in [0.717, 1.165) is 33.2 Å². The van der Waals surface area contributed by atoms with Gasteiger partial charge in [0.15, 0.2) is 25.2 Å². The topological polar surface area (TPSA) is 446 Å². The molecule has 145 heavy (non-hydrogen) atoms. The molecule has 2 amide bonds. The van der Waals surface area contributed by atoms with Crippen molar-refractivity contribution in [2.45, 2.75) is 409 Å². The minimum atomic E-state index is -1.83. The van der Waals surface area contributed by atoms with Gasteiger partial charge in [-0.3, -0.25) is 29.1 Å². The summed E-state index contributed by atoms with van der Waals surface area (Å²) in [6, 6.07) is 15.9. The largest absolute Gasteiger partial charge is 0.459 e. The summed E-state index contributed by atoms with van der Waals surface area (Å²) in [5.41, 5.74) is -5.33. The lowest BCUT2D eigenvalue weighted by Crippen LogP contribution is -2.61. The third-order valence-electron chi connectivity index (χ3n) is 31.4. The molecule has 37 heteroatoms. The lowest BCUT2D eigenvalue weighted by Gasteiger charge is -2.49. The quantitative estimate of drug-likeness (QED) is 0.0153. The molecule has 0 aliphatic carbocycles. The van der Waals surface area contributed by atoms with Crippen LogP contribution in [-0.4, -0.2) is 384 Å². The highest BCUT2D eigenvalue weighted by Gasteiger charge is 2.57. The number of aromatic nitrogens is 2.